The monoisotopic (exact) mass is 321 g/mol. The molecule has 1 saturated carbocycles. The summed E-state index contributed by atoms with van der Waals surface area (Å²) in [5.74, 6) is 1.43. The number of aromatic nitrogens is 2. The first-order valence-electron chi connectivity index (χ1n) is 7.50. The third kappa shape index (κ3) is 3.53. The molecule has 1 aliphatic rings. The van der Waals surface area contributed by atoms with Gasteiger partial charge in [-0.1, -0.05) is 19.3 Å². The number of aromatic amines is 1. The Morgan fingerprint density at radius 1 is 1.41 bits per heavy atom. The molecule has 0 saturated heterocycles. The van der Waals surface area contributed by atoms with Gasteiger partial charge in [-0.3, -0.25) is 5.32 Å². The van der Waals surface area contributed by atoms with Crippen molar-refractivity contribution in [3.05, 3.63) is 18.2 Å². The zero-order valence-electron chi connectivity index (χ0n) is 12.2. The molecule has 1 unspecified atom stereocenters. The number of H-pyrrole nitrogens is 1. The molecule has 1 heterocycles. The summed E-state index contributed by atoms with van der Waals surface area (Å²) in [6.45, 7) is 0. The highest BCUT2D eigenvalue weighted by molar-refractivity contribution is 7.91. The van der Waals surface area contributed by atoms with E-state index in [0.29, 0.717) is 17.2 Å². The molecule has 2 aromatic rings. The number of fused-ring (bicyclic) bond motifs is 1. The zero-order chi connectivity index (χ0) is 15.5. The molecule has 0 radical (unpaired) electrons. The number of imidazole rings is 1. The number of rotatable bonds is 4. The van der Waals surface area contributed by atoms with Crippen molar-refractivity contribution in [2.24, 2.45) is 5.92 Å². The van der Waals surface area contributed by atoms with Crippen LogP contribution in [0.2, 0.25) is 0 Å². The largest absolute Gasteiger partial charge is 0.611 e. The summed E-state index contributed by atoms with van der Waals surface area (Å²) >= 11 is -1.03. The fraction of sp³-hybridized carbons (Fsp3) is 0.467. The van der Waals surface area contributed by atoms with Crippen LogP contribution in [0.1, 0.15) is 32.1 Å². The van der Waals surface area contributed by atoms with Crippen LogP contribution in [0, 0.1) is 5.92 Å². The Balaban J connectivity index is 1.74. The van der Waals surface area contributed by atoms with Crippen molar-refractivity contribution in [2.45, 2.75) is 37.0 Å². The molecule has 0 spiro atoms. The molecule has 1 atom stereocenters. The average Bonchev–Trinajstić information content (AvgIpc) is 2.88. The molecule has 3 rings (SSSR count). The first kappa shape index (κ1) is 15.2. The quantitative estimate of drug-likeness (QED) is 0.752. The summed E-state index contributed by atoms with van der Waals surface area (Å²) in [5, 5.41) is 10.9. The van der Waals surface area contributed by atoms with Gasteiger partial charge in [-0.2, -0.15) is 0 Å². The van der Waals surface area contributed by atoms with Gasteiger partial charge in [0.15, 0.2) is 4.90 Å². The Morgan fingerprint density at radius 2 is 2.18 bits per heavy atom. The number of hydrogen-bond donors (Lipinski definition) is 3. The summed E-state index contributed by atoms with van der Waals surface area (Å²) < 4.78 is 12.5. The van der Waals surface area contributed by atoms with Crippen LogP contribution in [0.15, 0.2) is 23.1 Å². The number of nitrogens with zero attached hydrogens (tertiary/aromatic N) is 1. The Morgan fingerprint density at radius 3 is 2.91 bits per heavy atom. The van der Waals surface area contributed by atoms with Gasteiger partial charge in [-0.15, -0.1) is 0 Å². The lowest BCUT2D eigenvalue weighted by Crippen LogP contribution is -2.18. The number of carboxylic acid groups (broad SMARTS) is 1. The van der Waals surface area contributed by atoms with Crippen LogP contribution in [0.25, 0.3) is 11.0 Å². The van der Waals surface area contributed by atoms with E-state index in [4.69, 9.17) is 5.11 Å². The predicted molar refractivity (Wildman–Crippen MR) is 85.6 cm³/mol. The zero-order valence-corrected chi connectivity index (χ0v) is 13.0. The normalized spacial score (nSPS) is 17.5. The van der Waals surface area contributed by atoms with Crippen molar-refractivity contribution in [2.75, 3.05) is 11.1 Å². The van der Waals surface area contributed by atoms with Crippen LogP contribution in [-0.4, -0.2) is 31.5 Å². The molecule has 1 fully saturated rings. The summed E-state index contributed by atoms with van der Waals surface area (Å²) in [7, 11) is 0. The maximum atomic E-state index is 12.5. The van der Waals surface area contributed by atoms with Gasteiger partial charge >= 0.3 is 6.09 Å². The highest BCUT2D eigenvalue weighted by atomic mass is 32.2. The lowest BCUT2D eigenvalue weighted by atomic mass is 9.91. The fourth-order valence-electron chi connectivity index (χ4n) is 2.95. The highest BCUT2D eigenvalue weighted by Gasteiger charge is 2.22. The number of amides is 1. The van der Waals surface area contributed by atoms with Crippen molar-refractivity contribution < 1.29 is 14.5 Å². The number of hydrogen-bond acceptors (Lipinski definition) is 3. The molecule has 22 heavy (non-hydrogen) atoms. The Labute approximate surface area is 131 Å². The maximum absolute atomic E-state index is 12.5. The second-order valence-electron chi connectivity index (χ2n) is 5.71. The SMILES string of the molecule is O=C(O)Nc1nc2cc([S+]([O-])CC3CCCCC3)ccc2[nH]1. The van der Waals surface area contributed by atoms with E-state index < -0.39 is 17.3 Å². The molecule has 1 amide bonds. The molecule has 6 nitrogen and oxygen atoms in total. The van der Waals surface area contributed by atoms with E-state index in [9.17, 15) is 9.35 Å². The topological polar surface area (TPSA) is 101 Å². The summed E-state index contributed by atoms with van der Waals surface area (Å²) in [5.41, 5.74) is 1.35. The molecule has 1 aliphatic carbocycles. The van der Waals surface area contributed by atoms with Crippen LogP contribution >= 0.6 is 0 Å². The predicted octanol–water partition coefficient (Wildman–Crippen LogP) is 3.34. The average molecular weight is 321 g/mol. The van der Waals surface area contributed by atoms with Gasteiger partial charge in [-0.25, -0.2) is 9.78 Å². The molecule has 1 aromatic heterocycles. The number of anilines is 1. The van der Waals surface area contributed by atoms with Gasteiger partial charge in [-0.05, 0) is 36.2 Å². The smallest absolute Gasteiger partial charge is 0.411 e. The standard InChI is InChI=1S/C15H19N3O3S/c19-15(20)18-14-16-12-7-6-11(8-13(12)17-14)22(21)9-10-4-2-1-3-5-10/h6-8,10H,1-5,9H2,(H,19,20)(H2,16,17,18). The molecular weight excluding hydrogens is 302 g/mol. The van der Waals surface area contributed by atoms with Crippen molar-refractivity contribution >= 4 is 34.3 Å². The van der Waals surface area contributed by atoms with Gasteiger partial charge in [0.05, 0.1) is 11.0 Å². The number of nitrogens with one attached hydrogen (secondary N) is 2. The highest BCUT2D eigenvalue weighted by Crippen LogP contribution is 2.28. The minimum absolute atomic E-state index is 0.178. The second kappa shape index (κ2) is 6.58. The molecule has 0 aliphatic heterocycles. The van der Waals surface area contributed by atoms with E-state index >= 15 is 0 Å². The van der Waals surface area contributed by atoms with Crippen LogP contribution in [0.4, 0.5) is 10.7 Å². The van der Waals surface area contributed by atoms with Crippen molar-refractivity contribution in [1.29, 1.82) is 0 Å². The Hall–Kier alpha value is -1.73. The van der Waals surface area contributed by atoms with Gasteiger partial charge < -0.3 is 14.6 Å². The van der Waals surface area contributed by atoms with Crippen molar-refractivity contribution in [3.63, 3.8) is 0 Å². The van der Waals surface area contributed by atoms with E-state index in [-0.39, 0.29) is 5.95 Å². The first-order valence-corrected chi connectivity index (χ1v) is 8.82. The first-order chi connectivity index (χ1) is 10.6. The van der Waals surface area contributed by atoms with Crippen LogP contribution in [0.3, 0.4) is 0 Å². The Kier molecular flexibility index (Phi) is 4.54. The van der Waals surface area contributed by atoms with Crippen molar-refractivity contribution in [1.82, 2.24) is 9.97 Å². The molecule has 7 heteroatoms. The minimum Gasteiger partial charge on any atom is -0.611 e. The van der Waals surface area contributed by atoms with Crippen molar-refractivity contribution in [3.8, 4) is 0 Å². The van der Waals surface area contributed by atoms with E-state index in [2.05, 4.69) is 15.3 Å². The van der Waals surface area contributed by atoms with E-state index in [1.54, 1.807) is 12.1 Å². The Bertz CT molecular complexity index is 667. The number of carbonyl (C=O) groups is 1. The van der Waals surface area contributed by atoms with Gasteiger partial charge in [0.1, 0.15) is 5.75 Å². The summed E-state index contributed by atoms with van der Waals surface area (Å²) in [6.07, 6.45) is 4.95. The second-order valence-corrected chi connectivity index (χ2v) is 7.21. The minimum atomic E-state index is -1.17. The molecule has 0 bridgehead atoms. The maximum Gasteiger partial charge on any atom is 0.411 e. The van der Waals surface area contributed by atoms with E-state index in [0.717, 1.165) is 10.4 Å². The summed E-state index contributed by atoms with van der Waals surface area (Å²) in [6, 6.07) is 5.39. The van der Waals surface area contributed by atoms with Gasteiger partial charge in [0.2, 0.25) is 5.95 Å². The van der Waals surface area contributed by atoms with E-state index in [1.807, 2.05) is 6.07 Å². The third-order valence-corrected chi connectivity index (χ3v) is 5.61. The molecule has 3 N–H and O–H groups in total. The van der Waals surface area contributed by atoms with Crippen LogP contribution in [-0.2, 0) is 11.2 Å². The molecule has 118 valence electrons. The van der Waals surface area contributed by atoms with Crippen LogP contribution < -0.4 is 5.32 Å². The molecular formula is C15H19N3O3S. The van der Waals surface area contributed by atoms with Gasteiger partial charge in [0, 0.05) is 12.0 Å². The van der Waals surface area contributed by atoms with Crippen LogP contribution in [0.5, 0.6) is 0 Å². The van der Waals surface area contributed by atoms with E-state index in [1.165, 1.54) is 32.1 Å². The van der Waals surface area contributed by atoms with Gasteiger partial charge in [0.25, 0.3) is 0 Å². The summed E-state index contributed by atoms with van der Waals surface area (Å²) in [4.78, 5) is 18.4. The lowest BCUT2D eigenvalue weighted by Gasteiger charge is -2.22. The molecule has 1 aromatic carbocycles. The fourth-order valence-corrected chi connectivity index (χ4v) is 4.37. The lowest BCUT2D eigenvalue weighted by molar-refractivity contribution is 0.209. The number of benzene rings is 1. The third-order valence-electron chi connectivity index (χ3n) is 4.05.